The molecule has 0 radical (unpaired) electrons. The predicted molar refractivity (Wildman–Crippen MR) is 102 cm³/mol. The van der Waals surface area contributed by atoms with Crippen LogP contribution in [-0.2, 0) is 4.79 Å². The third kappa shape index (κ3) is 5.44. The van der Waals surface area contributed by atoms with Crippen molar-refractivity contribution in [1.29, 1.82) is 0 Å². The molecule has 2 saturated carbocycles. The summed E-state index contributed by atoms with van der Waals surface area (Å²) in [5.41, 5.74) is 7.23. The van der Waals surface area contributed by atoms with Crippen molar-refractivity contribution in [1.82, 2.24) is 5.32 Å². The Morgan fingerprint density at radius 2 is 1.68 bits per heavy atom. The number of anilines is 1. The summed E-state index contributed by atoms with van der Waals surface area (Å²) < 4.78 is 0. The van der Waals surface area contributed by atoms with Crippen molar-refractivity contribution in [2.75, 3.05) is 11.9 Å². The van der Waals surface area contributed by atoms with Crippen LogP contribution < -0.4 is 16.4 Å². The van der Waals surface area contributed by atoms with Crippen LogP contribution in [-0.4, -0.2) is 24.4 Å². The van der Waals surface area contributed by atoms with Crippen molar-refractivity contribution < 1.29 is 9.59 Å². The summed E-state index contributed by atoms with van der Waals surface area (Å²) in [6, 6.07) is 7.13. The highest BCUT2D eigenvalue weighted by Gasteiger charge is 2.29. The number of benzene rings is 1. The number of amides is 2. The van der Waals surface area contributed by atoms with Crippen LogP contribution in [0, 0.1) is 11.8 Å². The Morgan fingerprint density at radius 3 is 2.24 bits per heavy atom. The molecular formula is C19H28ClN3O2. The van der Waals surface area contributed by atoms with Gasteiger partial charge in [0, 0.05) is 29.8 Å². The van der Waals surface area contributed by atoms with Gasteiger partial charge in [-0.15, -0.1) is 12.4 Å². The van der Waals surface area contributed by atoms with Crippen molar-refractivity contribution in [2.24, 2.45) is 17.6 Å². The summed E-state index contributed by atoms with van der Waals surface area (Å²) in [5, 5.41) is 5.97. The van der Waals surface area contributed by atoms with Gasteiger partial charge in [-0.05, 0) is 55.9 Å². The van der Waals surface area contributed by atoms with Crippen LogP contribution in [0.5, 0.6) is 0 Å². The van der Waals surface area contributed by atoms with Gasteiger partial charge in [0.2, 0.25) is 5.91 Å². The van der Waals surface area contributed by atoms with E-state index < -0.39 is 0 Å². The minimum absolute atomic E-state index is 0. The highest BCUT2D eigenvalue weighted by molar-refractivity contribution is 5.96. The molecular weight excluding hydrogens is 338 g/mol. The number of hydrogen-bond acceptors (Lipinski definition) is 3. The largest absolute Gasteiger partial charge is 0.348 e. The first-order valence-electron chi connectivity index (χ1n) is 9.09. The second kappa shape index (κ2) is 9.20. The molecule has 0 aliphatic heterocycles. The molecule has 25 heavy (non-hydrogen) atoms. The van der Waals surface area contributed by atoms with Crippen molar-refractivity contribution >= 4 is 29.9 Å². The van der Waals surface area contributed by atoms with Crippen LogP contribution in [0.4, 0.5) is 5.69 Å². The monoisotopic (exact) mass is 365 g/mol. The molecule has 0 aromatic heterocycles. The van der Waals surface area contributed by atoms with E-state index in [9.17, 15) is 9.59 Å². The van der Waals surface area contributed by atoms with Gasteiger partial charge in [0.25, 0.3) is 5.91 Å². The standard InChI is InChI=1S/C19H27N3O2.ClH/c20-12-17(13-4-2-1-3-5-13)22-19(24)15-8-10-16(11-9-15)21-18(23)14-6-7-14;/h8-11,13-14,17H,1-7,12,20H2,(H,21,23)(H,22,24);1H. The molecule has 6 heteroatoms. The number of hydrogen-bond donors (Lipinski definition) is 3. The Bertz CT molecular complexity index is 581. The molecule has 0 saturated heterocycles. The lowest BCUT2D eigenvalue weighted by atomic mass is 9.84. The van der Waals surface area contributed by atoms with Gasteiger partial charge in [0.1, 0.15) is 0 Å². The van der Waals surface area contributed by atoms with Gasteiger partial charge in [-0.25, -0.2) is 0 Å². The molecule has 2 aliphatic rings. The molecule has 2 amide bonds. The fourth-order valence-electron chi connectivity index (χ4n) is 3.45. The van der Waals surface area contributed by atoms with Crippen LogP contribution in [0.15, 0.2) is 24.3 Å². The van der Waals surface area contributed by atoms with Gasteiger partial charge in [-0.1, -0.05) is 19.3 Å². The smallest absolute Gasteiger partial charge is 0.251 e. The molecule has 0 heterocycles. The lowest BCUT2D eigenvalue weighted by Crippen LogP contribution is -2.45. The van der Waals surface area contributed by atoms with Gasteiger partial charge in [0.05, 0.1) is 0 Å². The zero-order valence-corrected chi connectivity index (χ0v) is 15.3. The summed E-state index contributed by atoms with van der Waals surface area (Å²) >= 11 is 0. The summed E-state index contributed by atoms with van der Waals surface area (Å²) in [5.74, 6) is 0.655. The average molecular weight is 366 g/mol. The van der Waals surface area contributed by atoms with E-state index in [1.165, 1.54) is 19.3 Å². The summed E-state index contributed by atoms with van der Waals surface area (Å²) in [4.78, 5) is 24.2. The van der Waals surface area contributed by atoms with Gasteiger partial charge < -0.3 is 16.4 Å². The van der Waals surface area contributed by atoms with E-state index in [0.717, 1.165) is 31.4 Å². The molecule has 2 aliphatic carbocycles. The lowest BCUT2D eigenvalue weighted by Gasteiger charge is -2.30. The Hall–Kier alpha value is -1.59. The summed E-state index contributed by atoms with van der Waals surface area (Å²) in [6.45, 7) is 0.478. The van der Waals surface area contributed by atoms with Crippen molar-refractivity contribution in [2.45, 2.75) is 51.0 Å². The molecule has 0 spiro atoms. The molecule has 4 N–H and O–H groups in total. The molecule has 1 aromatic rings. The maximum atomic E-state index is 12.5. The first kappa shape index (κ1) is 19.7. The second-order valence-electron chi connectivity index (χ2n) is 7.05. The van der Waals surface area contributed by atoms with Crippen molar-refractivity contribution in [3.8, 4) is 0 Å². The van der Waals surface area contributed by atoms with Gasteiger partial charge in [-0.3, -0.25) is 9.59 Å². The fraction of sp³-hybridized carbons (Fsp3) is 0.579. The SMILES string of the molecule is Cl.NCC(NC(=O)c1ccc(NC(=O)C2CC2)cc1)C1CCCCC1. The molecule has 0 bridgehead atoms. The average Bonchev–Trinajstić information content (AvgIpc) is 3.46. The molecule has 3 rings (SSSR count). The predicted octanol–water partition coefficient (Wildman–Crippen LogP) is 3.09. The highest BCUT2D eigenvalue weighted by atomic mass is 35.5. The van der Waals surface area contributed by atoms with Gasteiger partial charge >= 0.3 is 0 Å². The van der Waals surface area contributed by atoms with E-state index in [4.69, 9.17) is 5.73 Å². The first-order chi connectivity index (χ1) is 11.7. The lowest BCUT2D eigenvalue weighted by molar-refractivity contribution is -0.117. The number of rotatable bonds is 6. The van der Waals surface area contributed by atoms with Crippen molar-refractivity contribution in [3.05, 3.63) is 29.8 Å². The van der Waals surface area contributed by atoms with E-state index in [-0.39, 0.29) is 36.2 Å². The third-order valence-electron chi connectivity index (χ3n) is 5.15. The molecule has 1 atom stereocenters. The van der Waals surface area contributed by atoms with E-state index >= 15 is 0 Å². The Morgan fingerprint density at radius 1 is 1.04 bits per heavy atom. The molecule has 2 fully saturated rings. The number of carbonyl (C=O) groups excluding carboxylic acids is 2. The Kier molecular flexibility index (Phi) is 7.26. The van der Waals surface area contributed by atoms with Crippen LogP contribution in [0.1, 0.15) is 55.3 Å². The highest BCUT2D eigenvalue weighted by Crippen LogP contribution is 2.30. The maximum absolute atomic E-state index is 12.5. The topological polar surface area (TPSA) is 84.2 Å². The molecule has 5 nitrogen and oxygen atoms in total. The normalized spacial score (nSPS) is 18.8. The fourth-order valence-corrected chi connectivity index (χ4v) is 3.45. The third-order valence-corrected chi connectivity index (χ3v) is 5.15. The molecule has 1 aromatic carbocycles. The van der Waals surface area contributed by atoms with E-state index in [2.05, 4.69) is 10.6 Å². The van der Waals surface area contributed by atoms with E-state index in [1.54, 1.807) is 24.3 Å². The zero-order chi connectivity index (χ0) is 16.9. The molecule has 1 unspecified atom stereocenters. The number of carbonyl (C=O) groups is 2. The Balaban J connectivity index is 0.00000225. The van der Waals surface area contributed by atoms with Crippen LogP contribution in [0.25, 0.3) is 0 Å². The van der Waals surface area contributed by atoms with Crippen molar-refractivity contribution in [3.63, 3.8) is 0 Å². The minimum Gasteiger partial charge on any atom is -0.348 e. The van der Waals surface area contributed by atoms with E-state index in [0.29, 0.717) is 18.0 Å². The zero-order valence-electron chi connectivity index (χ0n) is 14.5. The van der Waals surface area contributed by atoms with Gasteiger partial charge in [0.15, 0.2) is 0 Å². The Labute approximate surface area is 155 Å². The van der Waals surface area contributed by atoms with E-state index in [1.807, 2.05) is 0 Å². The maximum Gasteiger partial charge on any atom is 0.251 e. The first-order valence-corrected chi connectivity index (χ1v) is 9.09. The molecule has 138 valence electrons. The quantitative estimate of drug-likeness (QED) is 0.724. The number of halogens is 1. The number of nitrogens with one attached hydrogen (secondary N) is 2. The van der Waals surface area contributed by atoms with Gasteiger partial charge in [-0.2, -0.15) is 0 Å². The number of nitrogens with two attached hydrogens (primary N) is 1. The minimum atomic E-state index is -0.0870. The van der Waals surface area contributed by atoms with Crippen LogP contribution >= 0.6 is 12.4 Å². The second-order valence-corrected chi connectivity index (χ2v) is 7.05. The van der Waals surface area contributed by atoms with Crippen LogP contribution in [0.3, 0.4) is 0 Å². The summed E-state index contributed by atoms with van der Waals surface area (Å²) in [7, 11) is 0. The summed E-state index contributed by atoms with van der Waals surface area (Å²) in [6.07, 6.45) is 8.00. The van der Waals surface area contributed by atoms with Crippen LogP contribution in [0.2, 0.25) is 0 Å².